The number of sulfonamides is 1. The molecule has 1 fully saturated rings. The van der Waals surface area contributed by atoms with Crippen LogP contribution in [0.15, 0.2) is 34.2 Å². The van der Waals surface area contributed by atoms with Crippen LogP contribution in [-0.4, -0.2) is 51.0 Å². The van der Waals surface area contributed by atoms with E-state index in [0.29, 0.717) is 24.5 Å². The molecular formula is C18H32IN5O2S. The molecule has 0 saturated carbocycles. The number of hydrogen-bond acceptors (Lipinski definition) is 4. The van der Waals surface area contributed by atoms with Gasteiger partial charge < -0.3 is 10.6 Å². The third kappa shape index (κ3) is 7.20. The van der Waals surface area contributed by atoms with Crippen molar-refractivity contribution in [1.29, 1.82) is 0 Å². The summed E-state index contributed by atoms with van der Waals surface area (Å²) in [4.78, 5) is 7.19. The van der Waals surface area contributed by atoms with E-state index in [-0.39, 0.29) is 28.9 Å². The summed E-state index contributed by atoms with van der Waals surface area (Å²) in [5.74, 6) is 1.28. The number of halogens is 1. The summed E-state index contributed by atoms with van der Waals surface area (Å²) in [6, 6.07) is 7.47. The highest BCUT2D eigenvalue weighted by atomic mass is 127. The van der Waals surface area contributed by atoms with Crippen LogP contribution >= 0.6 is 24.0 Å². The molecule has 1 aromatic carbocycles. The summed E-state index contributed by atoms with van der Waals surface area (Å²) in [6.07, 6.45) is 0. The van der Waals surface area contributed by atoms with E-state index in [9.17, 15) is 8.42 Å². The van der Waals surface area contributed by atoms with Crippen LogP contribution in [0.5, 0.6) is 0 Å². The Morgan fingerprint density at radius 2 is 2.07 bits per heavy atom. The molecule has 4 N–H and O–H groups in total. The number of nitrogens with zero attached hydrogens (tertiary/aromatic N) is 2. The molecule has 1 heterocycles. The minimum absolute atomic E-state index is 0. The average Bonchev–Trinajstić information content (AvgIpc) is 2.93. The highest BCUT2D eigenvalue weighted by molar-refractivity contribution is 14.0. The number of nitrogens with two attached hydrogens (primary N) is 1. The van der Waals surface area contributed by atoms with Crippen LogP contribution in [0, 0.1) is 5.92 Å². The Kier molecular flexibility index (Phi) is 9.46. The van der Waals surface area contributed by atoms with E-state index in [4.69, 9.17) is 5.14 Å². The van der Waals surface area contributed by atoms with E-state index in [2.05, 4.69) is 41.3 Å². The predicted molar refractivity (Wildman–Crippen MR) is 121 cm³/mol. The highest BCUT2D eigenvalue weighted by Gasteiger charge is 2.31. The summed E-state index contributed by atoms with van der Waals surface area (Å²) in [6.45, 7) is 11.9. The average molecular weight is 509 g/mol. The van der Waals surface area contributed by atoms with E-state index >= 15 is 0 Å². The Morgan fingerprint density at radius 3 is 2.63 bits per heavy atom. The molecule has 9 heteroatoms. The van der Waals surface area contributed by atoms with Crippen LogP contribution in [0.3, 0.4) is 0 Å². The minimum atomic E-state index is -3.70. The van der Waals surface area contributed by atoms with Gasteiger partial charge in [-0.25, -0.2) is 18.5 Å². The van der Waals surface area contributed by atoms with Gasteiger partial charge in [0.1, 0.15) is 0 Å². The lowest BCUT2D eigenvalue weighted by atomic mass is 10.1. The van der Waals surface area contributed by atoms with Crippen molar-refractivity contribution in [1.82, 2.24) is 15.5 Å². The number of nitrogens with one attached hydrogen (secondary N) is 2. The second kappa shape index (κ2) is 10.6. The molecule has 27 heavy (non-hydrogen) atoms. The summed E-state index contributed by atoms with van der Waals surface area (Å²) >= 11 is 0. The Bertz CT molecular complexity index is 739. The van der Waals surface area contributed by atoms with Crippen LogP contribution in [0.4, 0.5) is 0 Å². The quantitative estimate of drug-likeness (QED) is 0.308. The summed E-state index contributed by atoms with van der Waals surface area (Å²) in [5, 5.41) is 12.0. The van der Waals surface area contributed by atoms with Crippen molar-refractivity contribution in [2.75, 3.05) is 19.6 Å². The minimum Gasteiger partial charge on any atom is -0.357 e. The van der Waals surface area contributed by atoms with Gasteiger partial charge >= 0.3 is 0 Å². The van der Waals surface area contributed by atoms with Crippen molar-refractivity contribution in [2.45, 2.75) is 51.2 Å². The summed E-state index contributed by atoms with van der Waals surface area (Å²) < 4.78 is 23.0. The number of rotatable bonds is 6. The number of guanidine groups is 1. The number of benzene rings is 1. The number of primary sulfonamides is 1. The van der Waals surface area contributed by atoms with Crippen molar-refractivity contribution in [3.05, 3.63) is 29.8 Å². The lowest BCUT2D eigenvalue weighted by Crippen LogP contribution is -2.46. The fraction of sp³-hybridized carbons (Fsp3) is 0.611. The van der Waals surface area contributed by atoms with E-state index in [1.807, 2.05) is 13.0 Å². The molecule has 1 aromatic rings. The van der Waals surface area contributed by atoms with E-state index in [0.717, 1.165) is 31.2 Å². The van der Waals surface area contributed by atoms with E-state index < -0.39 is 10.0 Å². The first-order valence-electron chi connectivity index (χ1n) is 9.11. The normalized spacial score (nSPS) is 21.2. The maximum atomic E-state index is 11.5. The topological polar surface area (TPSA) is 99.8 Å². The monoisotopic (exact) mass is 509 g/mol. The molecule has 0 aliphatic carbocycles. The third-order valence-electron chi connectivity index (χ3n) is 4.68. The third-order valence-corrected chi connectivity index (χ3v) is 5.59. The maximum absolute atomic E-state index is 11.5. The highest BCUT2D eigenvalue weighted by Crippen LogP contribution is 2.18. The smallest absolute Gasteiger partial charge is 0.238 e. The molecule has 0 aromatic heterocycles. The first kappa shape index (κ1) is 24.1. The van der Waals surface area contributed by atoms with Gasteiger partial charge in [-0.15, -0.1) is 24.0 Å². The molecule has 2 rings (SSSR count). The zero-order chi connectivity index (χ0) is 19.3. The Morgan fingerprint density at radius 1 is 1.37 bits per heavy atom. The standard InChI is InChI=1S/C18H31N5O2S.HI/c1-5-20-18(22-17-12-23(13(2)3)11-14(17)4)21-10-15-7-6-8-16(9-15)26(19,24)25;/h6-9,13-14,17H,5,10-12H2,1-4H3,(H2,19,24,25)(H2,20,21,22);1H. The molecule has 0 bridgehead atoms. The molecule has 1 aliphatic rings. The van der Waals surface area contributed by atoms with E-state index in [1.54, 1.807) is 12.1 Å². The second-order valence-electron chi connectivity index (χ2n) is 7.16. The SMILES string of the molecule is CCNC(=NCc1cccc(S(N)(=O)=O)c1)NC1CN(C(C)C)CC1C.I. The van der Waals surface area contributed by atoms with E-state index in [1.165, 1.54) is 6.07 Å². The Hall–Kier alpha value is -0.910. The van der Waals surface area contributed by atoms with Gasteiger partial charge in [-0.05, 0) is 44.4 Å². The fourth-order valence-electron chi connectivity index (χ4n) is 3.10. The van der Waals surface area contributed by atoms with Crippen LogP contribution in [0.25, 0.3) is 0 Å². The van der Waals surface area contributed by atoms with Gasteiger partial charge in [0.25, 0.3) is 0 Å². The molecule has 0 spiro atoms. The van der Waals surface area contributed by atoms with Crippen molar-refractivity contribution in [2.24, 2.45) is 16.0 Å². The van der Waals surface area contributed by atoms with Gasteiger partial charge in [0.2, 0.25) is 10.0 Å². The molecule has 0 radical (unpaired) electrons. The van der Waals surface area contributed by atoms with Crippen LogP contribution in [-0.2, 0) is 16.6 Å². The van der Waals surface area contributed by atoms with Crippen LogP contribution in [0.2, 0.25) is 0 Å². The molecule has 154 valence electrons. The largest absolute Gasteiger partial charge is 0.357 e. The lowest BCUT2D eigenvalue weighted by molar-refractivity contribution is 0.265. The number of likely N-dealkylation sites (tertiary alicyclic amines) is 1. The van der Waals surface area contributed by atoms with Crippen molar-refractivity contribution in [3.63, 3.8) is 0 Å². The lowest BCUT2D eigenvalue weighted by Gasteiger charge is -2.22. The van der Waals surface area contributed by atoms with Crippen LogP contribution in [0.1, 0.15) is 33.3 Å². The molecule has 1 aliphatic heterocycles. The Labute approximate surface area is 180 Å². The second-order valence-corrected chi connectivity index (χ2v) is 8.72. The maximum Gasteiger partial charge on any atom is 0.238 e. The first-order chi connectivity index (χ1) is 12.2. The molecule has 1 saturated heterocycles. The van der Waals surface area contributed by atoms with Crippen molar-refractivity contribution < 1.29 is 8.42 Å². The van der Waals surface area contributed by atoms with Crippen LogP contribution < -0.4 is 15.8 Å². The van der Waals surface area contributed by atoms with Gasteiger partial charge in [0.05, 0.1) is 11.4 Å². The van der Waals surface area contributed by atoms with Gasteiger partial charge in [-0.2, -0.15) is 0 Å². The fourth-order valence-corrected chi connectivity index (χ4v) is 3.68. The zero-order valence-electron chi connectivity index (χ0n) is 16.5. The van der Waals surface area contributed by atoms with Crippen molar-refractivity contribution >= 4 is 40.0 Å². The molecule has 7 nitrogen and oxygen atoms in total. The molecular weight excluding hydrogens is 477 g/mol. The summed E-state index contributed by atoms with van der Waals surface area (Å²) in [7, 11) is -3.70. The molecule has 2 atom stereocenters. The Balaban J connectivity index is 0.00000364. The van der Waals surface area contributed by atoms with Gasteiger partial charge in [-0.1, -0.05) is 19.1 Å². The zero-order valence-corrected chi connectivity index (χ0v) is 19.6. The molecule has 0 amide bonds. The summed E-state index contributed by atoms with van der Waals surface area (Å²) in [5.41, 5.74) is 0.803. The first-order valence-corrected chi connectivity index (χ1v) is 10.7. The number of hydrogen-bond donors (Lipinski definition) is 3. The predicted octanol–water partition coefficient (Wildman–Crippen LogP) is 1.74. The van der Waals surface area contributed by atoms with Gasteiger partial charge in [0, 0.05) is 31.7 Å². The van der Waals surface area contributed by atoms with Gasteiger partial charge in [0.15, 0.2) is 5.96 Å². The number of aliphatic imine (C=N–C) groups is 1. The molecule has 2 unspecified atom stereocenters. The van der Waals surface area contributed by atoms with Crippen molar-refractivity contribution in [3.8, 4) is 0 Å². The van der Waals surface area contributed by atoms with Gasteiger partial charge in [-0.3, -0.25) is 4.90 Å².